The van der Waals surface area contributed by atoms with Crippen LogP contribution in [0.3, 0.4) is 0 Å². The zero-order chi connectivity index (χ0) is 21.5. The minimum Gasteiger partial charge on any atom is -0.484 e. The number of hydrogen-bond acceptors (Lipinski definition) is 4. The molecule has 2 aromatic carbocycles. The summed E-state index contributed by atoms with van der Waals surface area (Å²) in [6.07, 6.45) is -3.22. The molecule has 166 valence electrons. The highest BCUT2D eigenvalue weighted by atomic mass is 127. The number of aliphatic imine (C=N–C) groups is 1. The van der Waals surface area contributed by atoms with E-state index < -0.39 is 22.6 Å². The standard InChI is InChI=1S/C19H22F3N3O3S.HI/c1-23-18(25-12-15-5-9-17(10-6-15)29(2,26)27)24-11-14-3-7-16(8-4-14)28-13-19(20,21)22;/h3-10H,11-13H2,1-2H3,(H2,23,24,25);1H. The summed E-state index contributed by atoms with van der Waals surface area (Å²) in [6.45, 7) is -0.480. The van der Waals surface area contributed by atoms with Crippen LogP contribution in [0, 0.1) is 0 Å². The van der Waals surface area contributed by atoms with E-state index in [0.29, 0.717) is 19.0 Å². The van der Waals surface area contributed by atoms with Crippen LogP contribution in [0.5, 0.6) is 5.75 Å². The molecule has 0 spiro atoms. The van der Waals surface area contributed by atoms with Gasteiger partial charge in [0.25, 0.3) is 0 Å². The van der Waals surface area contributed by atoms with Crippen molar-refractivity contribution in [3.05, 3.63) is 59.7 Å². The second-order valence-electron chi connectivity index (χ2n) is 6.24. The van der Waals surface area contributed by atoms with Gasteiger partial charge in [-0.3, -0.25) is 4.99 Å². The van der Waals surface area contributed by atoms with E-state index in [2.05, 4.69) is 20.4 Å². The number of nitrogens with zero attached hydrogens (tertiary/aromatic N) is 1. The third-order valence-electron chi connectivity index (χ3n) is 3.82. The molecule has 11 heteroatoms. The monoisotopic (exact) mass is 557 g/mol. The van der Waals surface area contributed by atoms with E-state index in [4.69, 9.17) is 0 Å². The van der Waals surface area contributed by atoms with E-state index >= 15 is 0 Å². The van der Waals surface area contributed by atoms with E-state index in [-0.39, 0.29) is 34.6 Å². The van der Waals surface area contributed by atoms with Crippen molar-refractivity contribution in [3.63, 3.8) is 0 Å². The number of guanidine groups is 1. The van der Waals surface area contributed by atoms with Gasteiger partial charge in [0.2, 0.25) is 0 Å². The van der Waals surface area contributed by atoms with E-state index in [1.54, 1.807) is 43.4 Å². The normalized spacial score (nSPS) is 12.1. The van der Waals surface area contributed by atoms with E-state index in [1.807, 2.05) is 0 Å². The molecule has 2 N–H and O–H groups in total. The number of ether oxygens (including phenoxy) is 1. The van der Waals surface area contributed by atoms with E-state index in [1.165, 1.54) is 12.1 Å². The van der Waals surface area contributed by atoms with Gasteiger partial charge >= 0.3 is 6.18 Å². The van der Waals surface area contributed by atoms with Gasteiger partial charge in [-0.15, -0.1) is 24.0 Å². The second kappa shape index (κ2) is 11.4. The minimum absolute atomic E-state index is 0. The lowest BCUT2D eigenvalue weighted by Gasteiger charge is -2.13. The molecule has 0 fully saturated rings. The number of rotatable bonds is 7. The number of sulfone groups is 1. The molecule has 0 saturated carbocycles. The van der Waals surface area contributed by atoms with E-state index in [9.17, 15) is 21.6 Å². The first kappa shape index (κ1) is 26.0. The molecule has 2 aromatic rings. The van der Waals surface area contributed by atoms with Gasteiger partial charge in [0, 0.05) is 26.4 Å². The summed E-state index contributed by atoms with van der Waals surface area (Å²) in [6, 6.07) is 12.8. The first-order chi connectivity index (χ1) is 13.6. The molecule has 6 nitrogen and oxygen atoms in total. The fraction of sp³-hybridized carbons (Fsp3) is 0.316. The van der Waals surface area contributed by atoms with Crippen LogP contribution in [-0.4, -0.2) is 40.5 Å². The predicted molar refractivity (Wildman–Crippen MR) is 120 cm³/mol. The van der Waals surface area contributed by atoms with Gasteiger partial charge in [0.15, 0.2) is 22.4 Å². The molecule has 0 radical (unpaired) electrons. The smallest absolute Gasteiger partial charge is 0.422 e. The lowest BCUT2D eigenvalue weighted by atomic mass is 10.2. The molecular weight excluding hydrogens is 534 g/mol. The number of nitrogens with one attached hydrogen (secondary N) is 2. The maximum absolute atomic E-state index is 12.2. The molecule has 0 bridgehead atoms. The maximum atomic E-state index is 12.2. The van der Waals surface area contributed by atoms with Crippen LogP contribution >= 0.6 is 24.0 Å². The number of benzene rings is 2. The molecule has 0 heterocycles. The van der Waals surface area contributed by atoms with Crippen molar-refractivity contribution < 1.29 is 26.3 Å². The fourth-order valence-electron chi connectivity index (χ4n) is 2.32. The molecule has 0 aliphatic heterocycles. The molecular formula is C19H23F3IN3O3S. The number of hydrogen-bond donors (Lipinski definition) is 2. The molecule has 30 heavy (non-hydrogen) atoms. The fourth-order valence-corrected chi connectivity index (χ4v) is 2.95. The highest BCUT2D eigenvalue weighted by molar-refractivity contribution is 14.0. The molecule has 0 amide bonds. The highest BCUT2D eigenvalue weighted by Crippen LogP contribution is 2.18. The van der Waals surface area contributed by atoms with Crippen LogP contribution in [0.25, 0.3) is 0 Å². The van der Waals surface area contributed by atoms with Crippen molar-refractivity contribution in [3.8, 4) is 5.75 Å². The Morgan fingerprint density at radius 1 is 0.967 bits per heavy atom. The zero-order valence-electron chi connectivity index (χ0n) is 16.4. The average Bonchev–Trinajstić information content (AvgIpc) is 2.66. The van der Waals surface area contributed by atoms with Crippen molar-refractivity contribution in [2.45, 2.75) is 24.2 Å². The molecule has 0 unspecified atom stereocenters. The van der Waals surface area contributed by atoms with Crippen LogP contribution in [0.15, 0.2) is 58.4 Å². The summed E-state index contributed by atoms with van der Waals surface area (Å²) < 4.78 is 64.1. The molecule has 2 rings (SSSR count). The number of halogens is 4. The van der Waals surface area contributed by atoms with Crippen molar-refractivity contribution in [2.75, 3.05) is 19.9 Å². The zero-order valence-corrected chi connectivity index (χ0v) is 19.5. The van der Waals surface area contributed by atoms with Crippen LogP contribution < -0.4 is 15.4 Å². The number of alkyl halides is 3. The molecule has 0 aliphatic carbocycles. The first-order valence-corrected chi connectivity index (χ1v) is 10.5. The summed E-state index contributed by atoms with van der Waals surface area (Å²) in [5.41, 5.74) is 1.72. The van der Waals surface area contributed by atoms with Gasteiger partial charge in [-0.1, -0.05) is 24.3 Å². The summed E-state index contributed by atoms with van der Waals surface area (Å²) >= 11 is 0. The Balaban J connectivity index is 0.00000450. The van der Waals surface area contributed by atoms with Crippen LogP contribution in [0.2, 0.25) is 0 Å². The quantitative estimate of drug-likeness (QED) is 0.310. The summed E-state index contributed by atoms with van der Waals surface area (Å²) in [5.74, 6) is 0.667. The third kappa shape index (κ3) is 9.20. The maximum Gasteiger partial charge on any atom is 0.422 e. The van der Waals surface area contributed by atoms with Crippen molar-refractivity contribution in [1.29, 1.82) is 0 Å². The Kier molecular flexibility index (Phi) is 9.88. The Bertz CT molecular complexity index is 932. The third-order valence-corrected chi connectivity index (χ3v) is 4.95. The molecule has 0 aromatic heterocycles. The lowest BCUT2D eigenvalue weighted by molar-refractivity contribution is -0.153. The van der Waals surface area contributed by atoms with Crippen molar-refractivity contribution in [1.82, 2.24) is 10.6 Å². The van der Waals surface area contributed by atoms with Crippen LogP contribution in [0.1, 0.15) is 11.1 Å². The predicted octanol–water partition coefficient (Wildman–Crippen LogP) is 3.51. The lowest BCUT2D eigenvalue weighted by Crippen LogP contribution is -2.36. The van der Waals surface area contributed by atoms with Gasteiger partial charge in [0.1, 0.15) is 5.75 Å². The first-order valence-electron chi connectivity index (χ1n) is 8.59. The van der Waals surface area contributed by atoms with E-state index in [0.717, 1.165) is 17.4 Å². The van der Waals surface area contributed by atoms with Gasteiger partial charge in [-0.05, 0) is 35.4 Å². The van der Waals surface area contributed by atoms with Crippen molar-refractivity contribution in [2.24, 2.45) is 4.99 Å². The van der Waals surface area contributed by atoms with Gasteiger partial charge < -0.3 is 15.4 Å². The topological polar surface area (TPSA) is 79.8 Å². The van der Waals surface area contributed by atoms with Crippen LogP contribution in [-0.2, 0) is 22.9 Å². The Hall–Kier alpha value is -2.02. The summed E-state index contributed by atoms with van der Waals surface area (Å²) in [5, 5.41) is 6.19. The average molecular weight is 557 g/mol. The molecule has 0 atom stereocenters. The Morgan fingerprint density at radius 2 is 1.43 bits per heavy atom. The van der Waals surface area contributed by atoms with Gasteiger partial charge in [-0.2, -0.15) is 13.2 Å². The van der Waals surface area contributed by atoms with Crippen molar-refractivity contribution >= 4 is 39.8 Å². The largest absolute Gasteiger partial charge is 0.484 e. The second-order valence-corrected chi connectivity index (χ2v) is 8.26. The Labute approximate surface area is 190 Å². The highest BCUT2D eigenvalue weighted by Gasteiger charge is 2.28. The van der Waals surface area contributed by atoms with Gasteiger partial charge in [0.05, 0.1) is 4.90 Å². The molecule has 0 aliphatic rings. The SMILES string of the molecule is CN=C(NCc1ccc(OCC(F)(F)F)cc1)NCc1ccc(S(C)(=O)=O)cc1.I. The molecule has 0 saturated heterocycles. The summed E-state index contributed by atoms with van der Waals surface area (Å²) in [4.78, 5) is 4.35. The van der Waals surface area contributed by atoms with Gasteiger partial charge in [-0.25, -0.2) is 8.42 Å². The minimum atomic E-state index is -4.37. The Morgan fingerprint density at radius 3 is 1.83 bits per heavy atom. The summed E-state index contributed by atoms with van der Waals surface area (Å²) in [7, 11) is -1.62. The van der Waals surface area contributed by atoms with Crippen LogP contribution in [0.4, 0.5) is 13.2 Å².